The van der Waals surface area contributed by atoms with Crippen LogP contribution in [0.15, 0.2) is 97.1 Å². The lowest BCUT2D eigenvalue weighted by Gasteiger charge is -2.24. The maximum Gasteiger partial charge on any atom is 0.322 e. The van der Waals surface area contributed by atoms with Gasteiger partial charge in [0.1, 0.15) is 5.82 Å². The lowest BCUT2D eigenvalue weighted by Crippen LogP contribution is -2.36. The number of hydrogen-bond acceptors (Lipinski definition) is 3. The third-order valence-electron chi connectivity index (χ3n) is 5.95. The summed E-state index contributed by atoms with van der Waals surface area (Å²) < 4.78 is 24.2. The van der Waals surface area contributed by atoms with Crippen LogP contribution in [-0.2, 0) is 13.0 Å². The second kappa shape index (κ2) is 11.9. The summed E-state index contributed by atoms with van der Waals surface area (Å²) in [6.07, 6.45) is 0.606. The Morgan fingerprint density at radius 2 is 1.47 bits per heavy atom. The molecule has 0 bridgehead atoms. The molecule has 4 aromatic rings. The zero-order valence-corrected chi connectivity index (χ0v) is 20.4. The average molecular weight is 485 g/mol. The number of benzene rings is 4. The highest BCUT2D eigenvalue weighted by Crippen LogP contribution is 2.29. The predicted molar refractivity (Wildman–Crippen MR) is 141 cm³/mol. The van der Waals surface area contributed by atoms with E-state index in [9.17, 15) is 9.18 Å². The standard InChI is InChI=1S/C30H29FN2O3/c1-35-28-17-14-22(20-29(28)36-2)18-19-33(21-23-12-15-25(31)16-13-23)30(34)32-27-11-7-6-10-26(27)24-8-4-3-5-9-24/h3-17,20H,18-19,21H2,1-2H3,(H,32,34). The van der Waals surface area contributed by atoms with Crippen molar-refractivity contribution in [3.8, 4) is 22.6 Å². The smallest absolute Gasteiger partial charge is 0.322 e. The minimum atomic E-state index is -0.308. The first-order valence-corrected chi connectivity index (χ1v) is 11.7. The lowest BCUT2D eigenvalue weighted by atomic mass is 10.0. The fourth-order valence-electron chi connectivity index (χ4n) is 4.02. The van der Waals surface area contributed by atoms with Crippen molar-refractivity contribution in [2.75, 3.05) is 26.1 Å². The second-order valence-electron chi connectivity index (χ2n) is 8.33. The van der Waals surface area contributed by atoms with E-state index in [1.807, 2.05) is 72.8 Å². The molecule has 4 aromatic carbocycles. The number of methoxy groups -OCH3 is 2. The molecule has 0 atom stereocenters. The predicted octanol–water partition coefficient (Wildman–Crippen LogP) is 6.79. The summed E-state index contributed by atoms with van der Waals surface area (Å²) in [4.78, 5) is 15.2. The highest BCUT2D eigenvalue weighted by molar-refractivity contribution is 5.94. The van der Waals surface area contributed by atoms with Gasteiger partial charge in [-0.3, -0.25) is 0 Å². The number of urea groups is 1. The van der Waals surface area contributed by atoms with Crippen LogP contribution >= 0.6 is 0 Å². The first-order chi connectivity index (χ1) is 17.6. The number of carbonyl (C=O) groups excluding carboxylic acids is 1. The molecule has 0 saturated heterocycles. The summed E-state index contributed by atoms with van der Waals surface area (Å²) in [6, 6.07) is 29.4. The number of para-hydroxylation sites is 1. The topological polar surface area (TPSA) is 50.8 Å². The van der Waals surface area contributed by atoms with Crippen molar-refractivity contribution in [3.63, 3.8) is 0 Å². The highest BCUT2D eigenvalue weighted by Gasteiger charge is 2.17. The first-order valence-electron chi connectivity index (χ1n) is 11.7. The molecule has 0 unspecified atom stereocenters. The maximum atomic E-state index is 13.5. The van der Waals surface area contributed by atoms with Crippen molar-refractivity contribution in [1.29, 1.82) is 0 Å². The van der Waals surface area contributed by atoms with Gasteiger partial charge in [-0.05, 0) is 53.4 Å². The van der Waals surface area contributed by atoms with E-state index in [1.54, 1.807) is 31.3 Å². The lowest BCUT2D eigenvalue weighted by molar-refractivity contribution is 0.210. The van der Waals surface area contributed by atoms with Gasteiger partial charge >= 0.3 is 6.03 Å². The molecule has 0 aliphatic heterocycles. The Kier molecular flexibility index (Phi) is 8.19. The fraction of sp³-hybridized carbons (Fsp3) is 0.167. The van der Waals surface area contributed by atoms with E-state index in [2.05, 4.69) is 5.32 Å². The van der Waals surface area contributed by atoms with Gasteiger partial charge in [0.2, 0.25) is 0 Å². The number of hydrogen-bond donors (Lipinski definition) is 1. The Labute approximate surface area is 211 Å². The normalized spacial score (nSPS) is 10.5. The van der Waals surface area contributed by atoms with Crippen molar-refractivity contribution in [2.45, 2.75) is 13.0 Å². The van der Waals surface area contributed by atoms with Crippen LogP contribution in [0.4, 0.5) is 14.9 Å². The molecule has 0 aromatic heterocycles. The fourth-order valence-corrected chi connectivity index (χ4v) is 4.02. The van der Waals surface area contributed by atoms with Gasteiger partial charge in [-0.2, -0.15) is 0 Å². The molecule has 1 N–H and O–H groups in total. The van der Waals surface area contributed by atoms with Crippen LogP contribution in [0.3, 0.4) is 0 Å². The van der Waals surface area contributed by atoms with Gasteiger partial charge in [0.15, 0.2) is 11.5 Å². The molecule has 0 radical (unpaired) electrons. The number of anilines is 1. The van der Waals surface area contributed by atoms with Crippen LogP contribution in [0.25, 0.3) is 11.1 Å². The van der Waals surface area contributed by atoms with E-state index in [1.165, 1.54) is 12.1 Å². The molecule has 0 spiro atoms. The summed E-state index contributed by atoms with van der Waals surface area (Å²) in [7, 11) is 3.19. The molecule has 184 valence electrons. The van der Waals surface area contributed by atoms with E-state index < -0.39 is 0 Å². The van der Waals surface area contributed by atoms with Gasteiger partial charge in [-0.15, -0.1) is 0 Å². The summed E-state index contributed by atoms with van der Waals surface area (Å²) in [6.45, 7) is 0.791. The van der Waals surface area contributed by atoms with E-state index in [0.717, 1.165) is 27.9 Å². The molecule has 36 heavy (non-hydrogen) atoms. The summed E-state index contributed by atoms with van der Waals surface area (Å²) in [5, 5.41) is 3.09. The number of nitrogens with zero attached hydrogens (tertiary/aromatic N) is 1. The van der Waals surface area contributed by atoms with Gasteiger partial charge in [-0.1, -0.05) is 66.7 Å². The van der Waals surface area contributed by atoms with Crippen LogP contribution in [0, 0.1) is 5.82 Å². The van der Waals surface area contributed by atoms with Gasteiger partial charge in [0, 0.05) is 18.7 Å². The quantitative estimate of drug-likeness (QED) is 0.285. The number of carbonyl (C=O) groups is 1. The van der Waals surface area contributed by atoms with Crippen LogP contribution < -0.4 is 14.8 Å². The molecule has 6 heteroatoms. The van der Waals surface area contributed by atoms with Crippen LogP contribution in [0.2, 0.25) is 0 Å². The molecule has 2 amide bonds. The van der Waals surface area contributed by atoms with Crippen molar-refractivity contribution in [2.24, 2.45) is 0 Å². The van der Waals surface area contributed by atoms with E-state index >= 15 is 0 Å². The minimum absolute atomic E-state index is 0.233. The molecular weight excluding hydrogens is 455 g/mol. The van der Waals surface area contributed by atoms with Gasteiger partial charge < -0.3 is 19.7 Å². The molecule has 5 nitrogen and oxygen atoms in total. The summed E-state index contributed by atoms with van der Waals surface area (Å²) in [5.41, 5.74) is 4.53. The Hall–Kier alpha value is -4.32. The van der Waals surface area contributed by atoms with Crippen LogP contribution in [0.1, 0.15) is 11.1 Å². The van der Waals surface area contributed by atoms with Crippen molar-refractivity contribution in [1.82, 2.24) is 4.90 Å². The Morgan fingerprint density at radius 1 is 0.806 bits per heavy atom. The molecule has 0 saturated carbocycles. The number of halogens is 1. The van der Waals surface area contributed by atoms with Gasteiger partial charge in [0.25, 0.3) is 0 Å². The molecule has 0 aliphatic carbocycles. The molecule has 0 fully saturated rings. The molecule has 4 rings (SSSR count). The first kappa shape index (κ1) is 24.8. The van der Waals surface area contributed by atoms with E-state index in [4.69, 9.17) is 9.47 Å². The van der Waals surface area contributed by atoms with Crippen LogP contribution in [0.5, 0.6) is 11.5 Å². The number of rotatable bonds is 9. The van der Waals surface area contributed by atoms with Crippen molar-refractivity contribution in [3.05, 3.63) is 114 Å². The highest BCUT2D eigenvalue weighted by atomic mass is 19.1. The van der Waals surface area contributed by atoms with Crippen molar-refractivity contribution >= 4 is 11.7 Å². The summed E-state index contributed by atoms with van der Waals surface area (Å²) in [5.74, 6) is 0.984. The largest absolute Gasteiger partial charge is 0.493 e. The Bertz CT molecular complexity index is 1290. The van der Waals surface area contributed by atoms with Crippen molar-refractivity contribution < 1.29 is 18.7 Å². The van der Waals surface area contributed by atoms with Crippen LogP contribution in [-0.4, -0.2) is 31.7 Å². The molecular formula is C30H29FN2O3. The summed E-state index contributed by atoms with van der Waals surface area (Å²) >= 11 is 0. The van der Waals surface area contributed by atoms with Gasteiger partial charge in [0.05, 0.1) is 19.9 Å². The molecule has 0 aliphatic rings. The minimum Gasteiger partial charge on any atom is -0.493 e. The third kappa shape index (κ3) is 6.21. The Balaban J connectivity index is 1.56. The number of amides is 2. The van der Waals surface area contributed by atoms with E-state index in [0.29, 0.717) is 31.0 Å². The number of nitrogens with one attached hydrogen (secondary N) is 1. The monoisotopic (exact) mass is 484 g/mol. The maximum absolute atomic E-state index is 13.5. The zero-order valence-electron chi connectivity index (χ0n) is 20.4. The Morgan fingerprint density at radius 3 is 2.19 bits per heavy atom. The van der Waals surface area contributed by atoms with E-state index in [-0.39, 0.29) is 11.8 Å². The third-order valence-corrected chi connectivity index (χ3v) is 5.95. The SMILES string of the molecule is COc1ccc(CCN(Cc2ccc(F)cc2)C(=O)Nc2ccccc2-c2ccccc2)cc1OC. The average Bonchev–Trinajstić information content (AvgIpc) is 2.92. The van der Waals surface area contributed by atoms with Gasteiger partial charge in [-0.25, -0.2) is 9.18 Å². The zero-order chi connectivity index (χ0) is 25.3. The second-order valence-corrected chi connectivity index (χ2v) is 8.33. The number of ether oxygens (including phenoxy) is 2. The molecule has 0 heterocycles.